The van der Waals surface area contributed by atoms with E-state index < -0.39 is 23.8 Å². The van der Waals surface area contributed by atoms with Crippen molar-refractivity contribution >= 4 is 23.5 Å². The Morgan fingerprint density at radius 2 is 1.51 bits per heavy atom. The molecule has 0 saturated heterocycles. The number of benzene rings is 3. The Balaban J connectivity index is 1.45. The summed E-state index contributed by atoms with van der Waals surface area (Å²) in [6.45, 7) is 5.05. The molecule has 0 saturated carbocycles. The first-order valence-electron chi connectivity index (χ1n) is 11.5. The quantitative estimate of drug-likeness (QED) is 0.446. The number of carboxylic acids is 1. The zero-order chi connectivity index (χ0) is 25.1. The lowest BCUT2D eigenvalue weighted by Crippen LogP contribution is -2.48. The van der Waals surface area contributed by atoms with E-state index in [2.05, 4.69) is 10.6 Å². The van der Waals surface area contributed by atoms with Crippen molar-refractivity contribution < 1.29 is 24.2 Å². The normalized spacial score (nSPS) is 13.1. The van der Waals surface area contributed by atoms with Crippen LogP contribution in [0.2, 0.25) is 0 Å². The summed E-state index contributed by atoms with van der Waals surface area (Å²) in [7, 11) is 0. The van der Waals surface area contributed by atoms with Crippen LogP contribution in [0.15, 0.2) is 66.7 Å². The van der Waals surface area contributed by atoms with Gasteiger partial charge in [0.05, 0.1) is 11.3 Å². The first kappa shape index (κ1) is 24.2. The fourth-order valence-electron chi connectivity index (χ4n) is 4.46. The third-order valence-electron chi connectivity index (χ3n) is 6.17. The van der Waals surface area contributed by atoms with Gasteiger partial charge in [0.15, 0.2) is 0 Å². The Hall–Kier alpha value is -3.97. The van der Waals surface area contributed by atoms with E-state index in [0.29, 0.717) is 5.56 Å². The SMILES string of the molecule is Cc1cccc(NC(=O)[C@@H](NC(=O)COC2c3ccccc3-c3ccccc32)C(C)C)c1C(=O)O. The summed E-state index contributed by atoms with van der Waals surface area (Å²) in [4.78, 5) is 37.5. The van der Waals surface area contributed by atoms with Gasteiger partial charge in [0.1, 0.15) is 18.8 Å². The van der Waals surface area contributed by atoms with E-state index in [0.717, 1.165) is 22.3 Å². The molecule has 1 atom stereocenters. The lowest BCUT2D eigenvalue weighted by atomic mass is 10.0. The van der Waals surface area contributed by atoms with Gasteiger partial charge < -0.3 is 20.5 Å². The second-order valence-electron chi connectivity index (χ2n) is 8.95. The van der Waals surface area contributed by atoms with Crippen LogP contribution in [-0.2, 0) is 14.3 Å². The molecule has 0 aromatic heterocycles. The highest BCUT2D eigenvalue weighted by Crippen LogP contribution is 2.44. The third kappa shape index (κ3) is 4.95. The largest absolute Gasteiger partial charge is 0.478 e. The molecule has 1 aliphatic rings. The van der Waals surface area contributed by atoms with Gasteiger partial charge in [0, 0.05) is 0 Å². The molecule has 0 unspecified atom stereocenters. The average Bonchev–Trinajstić information content (AvgIpc) is 3.14. The number of anilines is 1. The lowest BCUT2D eigenvalue weighted by molar-refractivity contribution is -0.131. The highest BCUT2D eigenvalue weighted by molar-refractivity contribution is 6.04. The topological polar surface area (TPSA) is 105 Å². The van der Waals surface area contributed by atoms with Gasteiger partial charge in [-0.1, -0.05) is 74.5 Å². The van der Waals surface area contributed by atoms with Crippen molar-refractivity contribution in [3.8, 4) is 11.1 Å². The third-order valence-corrected chi connectivity index (χ3v) is 6.17. The minimum atomic E-state index is -1.13. The maximum absolute atomic E-state index is 13.0. The number of carbonyl (C=O) groups excluding carboxylic acids is 2. The monoisotopic (exact) mass is 472 g/mol. The first-order chi connectivity index (χ1) is 16.8. The molecular weight excluding hydrogens is 444 g/mol. The molecule has 3 aromatic rings. The fourth-order valence-corrected chi connectivity index (χ4v) is 4.46. The van der Waals surface area contributed by atoms with Crippen LogP contribution in [0.1, 0.15) is 47.0 Å². The van der Waals surface area contributed by atoms with Crippen molar-refractivity contribution in [3.63, 3.8) is 0 Å². The number of aromatic carboxylic acids is 1. The minimum Gasteiger partial charge on any atom is -0.478 e. The first-order valence-corrected chi connectivity index (χ1v) is 11.5. The average molecular weight is 473 g/mol. The molecule has 35 heavy (non-hydrogen) atoms. The Labute approximate surface area is 204 Å². The molecule has 2 amide bonds. The van der Waals surface area contributed by atoms with Crippen molar-refractivity contribution in [1.29, 1.82) is 0 Å². The van der Waals surface area contributed by atoms with E-state index in [4.69, 9.17) is 4.74 Å². The van der Waals surface area contributed by atoms with Gasteiger partial charge in [-0.25, -0.2) is 4.79 Å². The van der Waals surface area contributed by atoms with Crippen LogP contribution in [-0.4, -0.2) is 35.5 Å². The highest BCUT2D eigenvalue weighted by Gasteiger charge is 2.30. The number of rotatable bonds is 8. The molecule has 0 fully saturated rings. The van der Waals surface area contributed by atoms with Crippen LogP contribution in [0.5, 0.6) is 0 Å². The summed E-state index contributed by atoms with van der Waals surface area (Å²) in [5, 5.41) is 14.9. The van der Waals surface area contributed by atoms with E-state index >= 15 is 0 Å². The predicted octanol–water partition coefficient (Wildman–Crippen LogP) is 4.56. The van der Waals surface area contributed by atoms with Crippen molar-refractivity contribution in [2.24, 2.45) is 5.92 Å². The zero-order valence-electron chi connectivity index (χ0n) is 19.9. The number of hydrogen-bond donors (Lipinski definition) is 3. The van der Waals surface area contributed by atoms with Gasteiger partial charge in [0.25, 0.3) is 0 Å². The molecule has 0 aliphatic heterocycles. The molecule has 3 aromatic carbocycles. The minimum absolute atomic E-state index is 0.0246. The molecule has 0 heterocycles. The van der Waals surface area contributed by atoms with E-state index in [-0.39, 0.29) is 29.9 Å². The van der Waals surface area contributed by atoms with Crippen LogP contribution in [0.3, 0.4) is 0 Å². The van der Waals surface area contributed by atoms with E-state index in [1.54, 1.807) is 19.1 Å². The predicted molar refractivity (Wildman–Crippen MR) is 133 cm³/mol. The molecule has 7 nitrogen and oxygen atoms in total. The number of carboxylic acid groups (broad SMARTS) is 1. The highest BCUT2D eigenvalue weighted by atomic mass is 16.5. The molecule has 0 bridgehead atoms. The molecule has 4 rings (SSSR count). The Bertz CT molecular complexity index is 1240. The van der Waals surface area contributed by atoms with Gasteiger partial charge in [-0.3, -0.25) is 9.59 Å². The van der Waals surface area contributed by atoms with Gasteiger partial charge in [-0.05, 0) is 46.7 Å². The maximum Gasteiger partial charge on any atom is 0.338 e. The number of nitrogens with one attached hydrogen (secondary N) is 2. The van der Waals surface area contributed by atoms with E-state index in [9.17, 15) is 19.5 Å². The van der Waals surface area contributed by atoms with Crippen molar-refractivity contribution in [2.45, 2.75) is 32.9 Å². The second-order valence-corrected chi connectivity index (χ2v) is 8.95. The van der Waals surface area contributed by atoms with Gasteiger partial charge >= 0.3 is 5.97 Å². The molecule has 7 heteroatoms. The number of carbonyl (C=O) groups is 3. The summed E-state index contributed by atoms with van der Waals surface area (Å²) in [5.41, 5.74) is 4.92. The molecule has 180 valence electrons. The van der Waals surface area contributed by atoms with E-state index in [1.807, 2.05) is 62.4 Å². The summed E-state index contributed by atoms with van der Waals surface area (Å²) in [5.74, 6) is -2.28. The number of amides is 2. The Morgan fingerprint density at radius 1 is 0.914 bits per heavy atom. The molecule has 1 aliphatic carbocycles. The van der Waals surface area contributed by atoms with Crippen molar-refractivity contribution in [2.75, 3.05) is 11.9 Å². The van der Waals surface area contributed by atoms with Gasteiger partial charge in [-0.2, -0.15) is 0 Å². The molecule has 0 radical (unpaired) electrons. The smallest absolute Gasteiger partial charge is 0.338 e. The second kappa shape index (κ2) is 10.1. The van der Waals surface area contributed by atoms with Crippen LogP contribution in [0.4, 0.5) is 5.69 Å². The molecule has 0 spiro atoms. The number of fused-ring (bicyclic) bond motifs is 3. The van der Waals surface area contributed by atoms with Crippen molar-refractivity contribution in [3.05, 3.63) is 89.0 Å². The maximum atomic E-state index is 13.0. The number of hydrogen-bond acceptors (Lipinski definition) is 4. The Kier molecular flexibility index (Phi) is 6.98. The van der Waals surface area contributed by atoms with Crippen LogP contribution < -0.4 is 10.6 Å². The van der Waals surface area contributed by atoms with Crippen molar-refractivity contribution in [1.82, 2.24) is 5.32 Å². The van der Waals surface area contributed by atoms with Gasteiger partial charge in [-0.15, -0.1) is 0 Å². The van der Waals surface area contributed by atoms with Crippen LogP contribution in [0.25, 0.3) is 11.1 Å². The zero-order valence-corrected chi connectivity index (χ0v) is 19.9. The number of ether oxygens (including phenoxy) is 1. The summed E-state index contributed by atoms with van der Waals surface area (Å²) in [6.07, 6.45) is -0.370. The summed E-state index contributed by atoms with van der Waals surface area (Å²) < 4.78 is 6.04. The summed E-state index contributed by atoms with van der Waals surface area (Å²) in [6, 6.07) is 19.9. The van der Waals surface area contributed by atoms with Gasteiger partial charge in [0.2, 0.25) is 11.8 Å². The van der Waals surface area contributed by atoms with Crippen LogP contribution in [0, 0.1) is 12.8 Å². The lowest BCUT2D eigenvalue weighted by Gasteiger charge is -2.23. The molecule has 3 N–H and O–H groups in total. The fraction of sp³-hybridized carbons (Fsp3) is 0.250. The number of aryl methyl sites for hydroxylation is 1. The van der Waals surface area contributed by atoms with E-state index in [1.165, 1.54) is 6.07 Å². The standard InChI is InChI=1S/C28H28N2O5/c1-16(2)25(27(32)29-22-14-8-9-17(3)24(22)28(33)34)30-23(31)15-35-26-20-12-6-4-10-18(20)19-11-5-7-13-21(19)26/h4-14,16,25-26H,15H2,1-3H3,(H,29,32)(H,30,31)(H,33,34)/t25-/m0/s1. The van der Waals surface area contributed by atoms with Crippen LogP contribution >= 0.6 is 0 Å². The molecular formula is C28H28N2O5. The Morgan fingerprint density at radius 3 is 2.09 bits per heavy atom. The summed E-state index contributed by atoms with van der Waals surface area (Å²) >= 11 is 0.